The molecule has 2 atom stereocenters. The summed E-state index contributed by atoms with van der Waals surface area (Å²) in [5.41, 5.74) is 7.18. The van der Waals surface area contributed by atoms with Gasteiger partial charge in [-0.2, -0.15) is 0 Å². The van der Waals surface area contributed by atoms with Crippen LogP contribution in [0.2, 0.25) is 0 Å². The van der Waals surface area contributed by atoms with Gasteiger partial charge >= 0.3 is 0 Å². The number of carbonyl (C=O) groups excluding carboxylic acids is 1. The molecule has 0 N–H and O–H groups in total. The van der Waals surface area contributed by atoms with Gasteiger partial charge in [0, 0.05) is 43.5 Å². The smallest absolute Gasteiger partial charge is 0.151 e. The number of fused-ring (bicyclic) bond motifs is 2. The summed E-state index contributed by atoms with van der Waals surface area (Å²) < 4.78 is 1.93. The van der Waals surface area contributed by atoms with Gasteiger partial charge in [-0.1, -0.05) is 56.1 Å². The fourth-order valence-corrected chi connectivity index (χ4v) is 6.32. The van der Waals surface area contributed by atoms with Crippen LogP contribution >= 0.6 is 31.9 Å². The van der Waals surface area contributed by atoms with Crippen LogP contribution in [0.1, 0.15) is 45.7 Å². The number of halogens is 2. The Kier molecular flexibility index (Phi) is 8.22. The van der Waals surface area contributed by atoms with Gasteiger partial charge < -0.3 is 0 Å². The van der Waals surface area contributed by atoms with E-state index in [9.17, 15) is 4.79 Å². The van der Waals surface area contributed by atoms with Gasteiger partial charge in [0.1, 0.15) is 0 Å². The SMILES string of the molecule is Cc1cccc(C(Cc2ccnc3cc(Br)ccc23)C(=O)C(Cc2ccnc3cc(Br)ccc23)c2cccc(C)n2)n1. The van der Waals surface area contributed by atoms with Crippen molar-refractivity contribution in [2.75, 3.05) is 0 Å². The lowest BCUT2D eigenvalue weighted by molar-refractivity contribution is -0.122. The maximum atomic E-state index is 14.9. The van der Waals surface area contributed by atoms with Crippen molar-refractivity contribution in [1.82, 2.24) is 19.9 Å². The number of benzene rings is 2. The molecule has 0 amide bonds. The van der Waals surface area contributed by atoms with Crippen LogP contribution in [0.3, 0.4) is 0 Å². The third-order valence-electron chi connectivity index (χ3n) is 7.66. The van der Waals surface area contributed by atoms with Crippen LogP contribution in [0.15, 0.2) is 106 Å². The van der Waals surface area contributed by atoms with Crippen molar-refractivity contribution in [3.8, 4) is 0 Å². The van der Waals surface area contributed by atoms with E-state index in [0.29, 0.717) is 12.8 Å². The molecule has 0 radical (unpaired) electrons. The van der Waals surface area contributed by atoms with Gasteiger partial charge in [0.25, 0.3) is 0 Å². The summed E-state index contributed by atoms with van der Waals surface area (Å²) in [4.78, 5) is 33.8. The number of pyridine rings is 4. The second kappa shape index (κ2) is 12.2. The summed E-state index contributed by atoms with van der Waals surface area (Å²) in [6, 6.07) is 28.0. The van der Waals surface area contributed by atoms with Gasteiger partial charge in [-0.25, -0.2) is 0 Å². The highest BCUT2D eigenvalue weighted by Crippen LogP contribution is 2.34. The summed E-state index contributed by atoms with van der Waals surface area (Å²) in [6.07, 6.45) is 4.64. The molecule has 2 aromatic carbocycles. The summed E-state index contributed by atoms with van der Waals surface area (Å²) in [7, 11) is 0. The molecule has 0 fully saturated rings. The predicted octanol–water partition coefficient (Wildman–Crippen LogP) is 8.64. The third-order valence-corrected chi connectivity index (χ3v) is 8.65. The molecule has 6 rings (SSSR count). The third kappa shape index (κ3) is 6.03. The molecule has 5 nitrogen and oxygen atoms in total. The number of hydrogen-bond donors (Lipinski definition) is 0. The molecule has 0 bridgehead atoms. The molecule has 0 saturated heterocycles. The molecule has 42 heavy (non-hydrogen) atoms. The highest BCUT2D eigenvalue weighted by Gasteiger charge is 2.32. The minimum absolute atomic E-state index is 0.0929. The largest absolute Gasteiger partial charge is 0.298 e. The van der Waals surface area contributed by atoms with E-state index in [-0.39, 0.29) is 5.78 Å². The number of Topliss-reactive ketones (excluding diaryl/α,β-unsaturated/α-hetero) is 1. The molecule has 0 aliphatic carbocycles. The van der Waals surface area contributed by atoms with E-state index < -0.39 is 11.8 Å². The van der Waals surface area contributed by atoms with Crippen molar-refractivity contribution < 1.29 is 4.79 Å². The molecular formula is C35H28Br2N4O. The van der Waals surface area contributed by atoms with E-state index in [1.807, 2.05) is 99.0 Å². The van der Waals surface area contributed by atoms with Crippen LogP contribution in [-0.2, 0) is 17.6 Å². The predicted molar refractivity (Wildman–Crippen MR) is 175 cm³/mol. The Morgan fingerprint density at radius 2 is 1.10 bits per heavy atom. The van der Waals surface area contributed by atoms with Crippen molar-refractivity contribution in [1.29, 1.82) is 0 Å². The second-order valence-corrected chi connectivity index (χ2v) is 12.4. The van der Waals surface area contributed by atoms with Crippen molar-refractivity contribution in [2.24, 2.45) is 0 Å². The number of aromatic nitrogens is 4. The second-order valence-electron chi connectivity index (χ2n) is 10.6. The average Bonchev–Trinajstić information content (AvgIpc) is 2.98. The number of carbonyl (C=O) groups is 1. The van der Waals surface area contributed by atoms with E-state index in [2.05, 4.69) is 54.0 Å². The topological polar surface area (TPSA) is 68.6 Å². The van der Waals surface area contributed by atoms with Gasteiger partial charge in [-0.3, -0.25) is 24.7 Å². The van der Waals surface area contributed by atoms with E-state index >= 15 is 0 Å². The maximum Gasteiger partial charge on any atom is 0.151 e. The molecular weight excluding hydrogens is 652 g/mol. The molecule has 6 aromatic rings. The standard InChI is InChI=1S/C35H28Br2N4O/c1-21-5-3-7-31(40-21)29(17-23-13-15-38-33-19-25(36)9-11-27(23)33)35(42)30(32-8-4-6-22(2)41-32)18-24-14-16-39-34-20-26(37)10-12-28(24)34/h3-16,19-20,29-30H,17-18H2,1-2H3. The highest BCUT2D eigenvalue weighted by molar-refractivity contribution is 9.10. The van der Waals surface area contributed by atoms with E-state index in [1.54, 1.807) is 0 Å². The Bertz CT molecular complexity index is 1800. The molecule has 208 valence electrons. The van der Waals surface area contributed by atoms with E-state index in [0.717, 1.165) is 64.7 Å². The zero-order chi connectivity index (χ0) is 29.2. The van der Waals surface area contributed by atoms with Crippen LogP contribution in [-0.4, -0.2) is 25.7 Å². The number of ketones is 1. The van der Waals surface area contributed by atoms with Gasteiger partial charge in [0.15, 0.2) is 5.78 Å². The fourth-order valence-electron chi connectivity index (χ4n) is 5.62. The van der Waals surface area contributed by atoms with Gasteiger partial charge in [-0.15, -0.1) is 0 Å². The molecule has 0 aliphatic heterocycles. The molecule has 0 aliphatic rings. The van der Waals surface area contributed by atoms with Crippen LogP contribution in [0, 0.1) is 13.8 Å². The van der Waals surface area contributed by atoms with Gasteiger partial charge in [0.05, 0.1) is 34.3 Å². The molecule has 0 saturated carbocycles. The normalized spacial score (nSPS) is 12.9. The van der Waals surface area contributed by atoms with Crippen molar-refractivity contribution in [3.05, 3.63) is 140 Å². The summed E-state index contributed by atoms with van der Waals surface area (Å²) >= 11 is 7.12. The zero-order valence-corrected chi connectivity index (χ0v) is 26.4. The van der Waals surface area contributed by atoms with Gasteiger partial charge in [0.2, 0.25) is 0 Å². The Labute approximate surface area is 261 Å². The van der Waals surface area contributed by atoms with Crippen molar-refractivity contribution in [2.45, 2.75) is 38.5 Å². The van der Waals surface area contributed by atoms with Crippen LogP contribution in [0.4, 0.5) is 0 Å². The summed E-state index contributed by atoms with van der Waals surface area (Å²) in [6.45, 7) is 3.93. The first-order valence-electron chi connectivity index (χ1n) is 13.8. The molecule has 0 spiro atoms. The summed E-state index contributed by atoms with van der Waals surface area (Å²) in [5, 5.41) is 2.06. The van der Waals surface area contributed by atoms with Crippen LogP contribution in [0.25, 0.3) is 21.8 Å². The Morgan fingerprint density at radius 1 is 0.643 bits per heavy atom. The Morgan fingerprint density at radius 3 is 1.52 bits per heavy atom. The first-order chi connectivity index (χ1) is 20.4. The number of hydrogen-bond acceptors (Lipinski definition) is 5. The zero-order valence-electron chi connectivity index (χ0n) is 23.3. The average molecular weight is 680 g/mol. The van der Waals surface area contributed by atoms with Crippen LogP contribution in [0.5, 0.6) is 0 Å². The summed E-state index contributed by atoms with van der Waals surface area (Å²) in [5.74, 6) is -0.863. The lowest BCUT2D eigenvalue weighted by atomic mass is 9.80. The molecule has 7 heteroatoms. The van der Waals surface area contributed by atoms with Crippen molar-refractivity contribution in [3.63, 3.8) is 0 Å². The van der Waals surface area contributed by atoms with E-state index in [1.165, 1.54) is 0 Å². The monoisotopic (exact) mass is 678 g/mol. The van der Waals surface area contributed by atoms with Crippen molar-refractivity contribution >= 4 is 59.4 Å². The Balaban J connectivity index is 1.48. The van der Waals surface area contributed by atoms with Crippen LogP contribution < -0.4 is 0 Å². The lowest BCUT2D eigenvalue weighted by Crippen LogP contribution is -2.26. The fraction of sp³-hybridized carbons (Fsp3) is 0.171. The molecule has 4 heterocycles. The quantitative estimate of drug-likeness (QED) is 0.161. The van der Waals surface area contributed by atoms with E-state index in [4.69, 9.17) is 9.97 Å². The first kappa shape index (κ1) is 28.3. The number of aryl methyl sites for hydroxylation is 2. The minimum Gasteiger partial charge on any atom is -0.298 e. The number of rotatable bonds is 8. The minimum atomic E-state index is -0.478. The first-order valence-corrected chi connectivity index (χ1v) is 15.4. The number of nitrogens with zero attached hydrogens (tertiary/aromatic N) is 4. The molecule has 4 aromatic heterocycles. The lowest BCUT2D eigenvalue weighted by Gasteiger charge is -2.24. The maximum absolute atomic E-state index is 14.9. The van der Waals surface area contributed by atoms with Gasteiger partial charge in [-0.05, 0) is 98.5 Å². The Hall–Kier alpha value is -3.81. The highest BCUT2D eigenvalue weighted by atomic mass is 79.9. The molecule has 2 unspecified atom stereocenters.